The number of nitrogens with zero attached hydrogens (tertiary/aromatic N) is 3. The molecule has 7 heteroatoms. The molecule has 7 nitrogen and oxygen atoms in total. The number of carbonyl (C=O) groups excluding carboxylic acids is 1. The molecule has 1 aromatic carbocycles. The van der Waals surface area contributed by atoms with Crippen molar-refractivity contribution in [1.29, 1.82) is 0 Å². The second-order valence-corrected chi connectivity index (χ2v) is 3.65. The zero-order valence-corrected chi connectivity index (χ0v) is 9.31. The molecule has 0 radical (unpaired) electrons. The number of benzene rings is 1. The zero-order chi connectivity index (χ0) is 13.1. The maximum atomic E-state index is 11.0. The highest BCUT2D eigenvalue weighted by Gasteiger charge is 2.25. The van der Waals surface area contributed by atoms with E-state index in [9.17, 15) is 14.9 Å². The van der Waals surface area contributed by atoms with Gasteiger partial charge < -0.3 is 15.8 Å². The molecule has 0 aliphatic rings. The van der Waals surface area contributed by atoms with E-state index in [0.717, 1.165) is 5.56 Å². The lowest BCUT2D eigenvalue weighted by molar-refractivity contribution is -0.392. The lowest BCUT2D eigenvalue weighted by Crippen LogP contribution is -2.14. The Bertz CT molecular complexity index is 592. The molecule has 0 unspecified atom stereocenters. The van der Waals surface area contributed by atoms with Crippen LogP contribution in [0.25, 0.3) is 0 Å². The molecule has 2 rings (SSSR count). The quantitative estimate of drug-likeness (QED) is 0.640. The number of aromatic nitrogens is 2. The summed E-state index contributed by atoms with van der Waals surface area (Å²) in [5.41, 5.74) is 5.59. The highest BCUT2D eigenvalue weighted by Crippen LogP contribution is 2.18. The molecule has 92 valence electrons. The first-order valence-electron chi connectivity index (χ1n) is 5.13. The van der Waals surface area contributed by atoms with Crippen LogP contribution in [0.2, 0.25) is 0 Å². The highest BCUT2D eigenvalue weighted by atomic mass is 16.6. The molecule has 0 saturated heterocycles. The van der Waals surface area contributed by atoms with E-state index >= 15 is 0 Å². The number of nitro groups is 1. The molecule has 0 fully saturated rings. The Balaban J connectivity index is 2.40. The van der Waals surface area contributed by atoms with E-state index in [1.54, 1.807) is 0 Å². The van der Waals surface area contributed by atoms with Gasteiger partial charge in [-0.05, 0) is 10.5 Å². The number of carbonyl (C=O) groups is 1. The molecule has 0 saturated carbocycles. The molecular weight excluding hydrogens is 236 g/mol. The Kier molecular flexibility index (Phi) is 3.05. The van der Waals surface area contributed by atoms with Crippen molar-refractivity contribution in [3.63, 3.8) is 0 Å². The fourth-order valence-corrected chi connectivity index (χ4v) is 1.64. The second kappa shape index (κ2) is 4.66. The van der Waals surface area contributed by atoms with Crippen LogP contribution in [0.1, 0.15) is 16.1 Å². The zero-order valence-electron chi connectivity index (χ0n) is 9.31. The third-order valence-corrected chi connectivity index (χ3v) is 2.41. The Morgan fingerprint density at radius 2 is 2.06 bits per heavy atom. The second-order valence-electron chi connectivity index (χ2n) is 3.65. The first-order chi connectivity index (χ1) is 8.59. The van der Waals surface area contributed by atoms with Crippen molar-refractivity contribution >= 4 is 11.7 Å². The fraction of sp³-hybridized carbons (Fsp3) is 0.0909. The summed E-state index contributed by atoms with van der Waals surface area (Å²) in [6, 6.07) is 9.15. The summed E-state index contributed by atoms with van der Waals surface area (Å²) in [5, 5.41) is 10.9. The summed E-state index contributed by atoms with van der Waals surface area (Å²) < 4.78 is 1.29. The average Bonchev–Trinajstić information content (AvgIpc) is 2.74. The van der Waals surface area contributed by atoms with E-state index in [-0.39, 0.29) is 18.1 Å². The topological polar surface area (TPSA) is 104 Å². The standard InChI is InChI=1S/C11H10N4O3/c12-10(16)9-11(15(17)18)14(7-13-9)6-8-4-2-1-3-5-8/h1-5,7H,6H2,(H2,12,16). The lowest BCUT2D eigenvalue weighted by atomic mass is 10.2. The van der Waals surface area contributed by atoms with E-state index in [4.69, 9.17) is 5.73 Å². The predicted octanol–water partition coefficient (Wildman–Crippen LogP) is 0.938. The van der Waals surface area contributed by atoms with Crippen molar-refractivity contribution in [3.8, 4) is 0 Å². The van der Waals surface area contributed by atoms with Gasteiger partial charge in [-0.3, -0.25) is 4.79 Å². The van der Waals surface area contributed by atoms with Crippen molar-refractivity contribution < 1.29 is 9.72 Å². The van der Waals surface area contributed by atoms with E-state index in [1.165, 1.54) is 10.9 Å². The summed E-state index contributed by atoms with van der Waals surface area (Å²) in [5.74, 6) is -1.29. The van der Waals surface area contributed by atoms with Crippen molar-refractivity contribution in [1.82, 2.24) is 9.55 Å². The molecule has 1 heterocycles. The van der Waals surface area contributed by atoms with Crippen LogP contribution in [0, 0.1) is 10.1 Å². The molecule has 0 atom stereocenters. The molecule has 2 N–H and O–H groups in total. The van der Waals surface area contributed by atoms with Crippen LogP contribution in [-0.2, 0) is 6.54 Å². The van der Waals surface area contributed by atoms with Gasteiger partial charge in [-0.25, -0.2) is 9.55 Å². The molecular formula is C11H10N4O3. The lowest BCUT2D eigenvalue weighted by Gasteiger charge is -2.01. The van der Waals surface area contributed by atoms with E-state index in [0.29, 0.717) is 0 Å². The van der Waals surface area contributed by atoms with Crippen molar-refractivity contribution in [3.05, 3.63) is 58.0 Å². The van der Waals surface area contributed by atoms with Gasteiger partial charge in [-0.2, -0.15) is 0 Å². The molecule has 2 aromatic rings. The highest BCUT2D eigenvalue weighted by molar-refractivity contribution is 5.94. The van der Waals surface area contributed by atoms with Crippen LogP contribution >= 0.6 is 0 Å². The Morgan fingerprint density at radius 1 is 1.39 bits per heavy atom. The first kappa shape index (κ1) is 11.8. The van der Waals surface area contributed by atoms with Crippen LogP contribution in [0.4, 0.5) is 5.82 Å². The molecule has 18 heavy (non-hydrogen) atoms. The van der Waals surface area contributed by atoms with Gasteiger partial charge in [0.15, 0.2) is 6.33 Å². The maximum Gasteiger partial charge on any atom is 0.356 e. The minimum Gasteiger partial charge on any atom is -0.364 e. The van der Waals surface area contributed by atoms with Gasteiger partial charge >= 0.3 is 5.82 Å². The summed E-state index contributed by atoms with van der Waals surface area (Å²) in [6.07, 6.45) is 1.24. The Hall–Kier alpha value is -2.70. The largest absolute Gasteiger partial charge is 0.364 e. The number of hydrogen-bond acceptors (Lipinski definition) is 4. The predicted molar refractivity (Wildman–Crippen MR) is 62.9 cm³/mol. The maximum absolute atomic E-state index is 11.0. The monoisotopic (exact) mass is 246 g/mol. The van der Waals surface area contributed by atoms with Gasteiger partial charge in [0.25, 0.3) is 5.91 Å². The third kappa shape index (κ3) is 2.19. The number of primary amides is 1. The van der Waals surface area contributed by atoms with Gasteiger partial charge in [0, 0.05) is 0 Å². The van der Waals surface area contributed by atoms with E-state index in [1.807, 2.05) is 30.3 Å². The summed E-state index contributed by atoms with van der Waals surface area (Å²) in [4.78, 5) is 25.0. The van der Waals surface area contributed by atoms with E-state index in [2.05, 4.69) is 4.98 Å². The fourth-order valence-electron chi connectivity index (χ4n) is 1.64. The van der Waals surface area contributed by atoms with Crippen LogP contribution < -0.4 is 5.73 Å². The molecule has 0 bridgehead atoms. The van der Waals surface area contributed by atoms with Crippen molar-refractivity contribution in [2.75, 3.05) is 0 Å². The van der Waals surface area contributed by atoms with Crippen LogP contribution in [0.5, 0.6) is 0 Å². The number of nitrogens with two attached hydrogens (primary N) is 1. The Labute approximate surface area is 102 Å². The van der Waals surface area contributed by atoms with Crippen molar-refractivity contribution in [2.24, 2.45) is 5.73 Å². The normalized spacial score (nSPS) is 10.2. The summed E-state index contributed by atoms with van der Waals surface area (Å²) >= 11 is 0. The third-order valence-electron chi connectivity index (χ3n) is 2.41. The summed E-state index contributed by atoms with van der Waals surface area (Å²) in [6.45, 7) is 0.261. The number of hydrogen-bond donors (Lipinski definition) is 1. The molecule has 0 aliphatic heterocycles. The van der Waals surface area contributed by atoms with Gasteiger partial charge in [-0.1, -0.05) is 30.3 Å². The van der Waals surface area contributed by atoms with Gasteiger partial charge in [-0.15, -0.1) is 0 Å². The average molecular weight is 246 g/mol. The number of rotatable bonds is 4. The number of amides is 1. The van der Waals surface area contributed by atoms with Gasteiger partial charge in [0.05, 0.1) is 0 Å². The van der Waals surface area contributed by atoms with Gasteiger partial charge in [0.2, 0.25) is 5.69 Å². The smallest absolute Gasteiger partial charge is 0.356 e. The Morgan fingerprint density at radius 3 is 2.61 bits per heavy atom. The van der Waals surface area contributed by atoms with Gasteiger partial charge in [0.1, 0.15) is 6.54 Å². The van der Waals surface area contributed by atoms with E-state index < -0.39 is 10.8 Å². The first-order valence-corrected chi connectivity index (χ1v) is 5.13. The number of imidazole rings is 1. The SMILES string of the molecule is NC(=O)c1ncn(Cc2ccccc2)c1[N+](=O)[O-]. The molecule has 0 aliphatic carbocycles. The van der Waals surface area contributed by atoms with Crippen LogP contribution in [0.3, 0.4) is 0 Å². The molecule has 0 spiro atoms. The molecule has 1 amide bonds. The summed E-state index contributed by atoms with van der Waals surface area (Å²) in [7, 11) is 0. The molecule has 1 aromatic heterocycles. The minimum absolute atomic E-state index is 0.261. The minimum atomic E-state index is -0.909. The van der Waals surface area contributed by atoms with Crippen LogP contribution in [-0.4, -0.2) is 20.4 Å². The van der Waals surface area contributed by atoms with Crippen LogP contribution in [0.15, 0.2) is 36.7 Å². The van der Waals surface area contributed by atoms with Crippen molar-refractivity contribution in [2.45, 2.75) is 6.54 Å².